The number of benzene rings is 3. The van der Waals surface area contributed by atoms with Gasteiger partial charge in [-0.2, -0.15) is 0 Å². The summed E-state index contributed by atoms with van der Waals surface area (Å²) < 4.78 is 1.59. The maximum absolute atomic E-state index is 11.5. The van der Waals surface area contributed by atoms with E-state index in [4.69, 9.17) is 0 Å². The van der Waals surface area contributed by atoms with Crippen LogP contribution in [-0.4, -0.2) is 28.5 Å². The van der Waals surface area contributed by atoms with E-state index in [1.54, 1.807) is 17.8 Å². The number of hydrogen-bond acceptors (Lipinski definition) is 3. The van der Waals surface area contributed by atoms with Crippen LogP contribution in [0.25, 0.3) is 28.6 Å². The van der Waals surface area contributed by atoms with Crippen LogP contribution in [0.3, 0.4) is 0 Å². The van der Waals surface area contributed by atoms with Crippen LogP contribution in [0, 0.1) is 0 Å². The minimum absolute atomic E-state index is 0.0631. The van der Waals surface area contributed by atoms with E-state index >= 15 is 0 Å². The van der Waals surface area contributed by atoms with Crippen LogP contribution in [-0.2, 0) is 13.6 Å². The van der Waals surface area contributed by atoms with Gasteiger partial charge in [-0.25, -0.2) is 0 Å². The van der Waals surface area contributed by atoms with Crippen LogP contribution < -0.4 is 5.56 Å². The summed E-state index contributed by atoms with van der Waals surface area (Å²) in [6, 6.07) is 26.3. The minimum Gasteiger partial charge on any atom is -0.376 e. The number of fused-ring (bicyclic) bond motifs is 3. The van der Waals surface area contributed by atoms with Crippen LogP contribution >= 0.6 is 0 Å². The molecular formula is C31H31N3O. The first-order valence-corrected chi connectivity index (χ1v) is 11.6. The molecule has 35 heavy (non-hydrogen) atoms. The number of pyridine rings is 1. The van der Waals surface area contributed by atoms with Crippen molar-refractivity contribution in [3.63, 3.8) is 0 Å². The van der Waals surface area contributed by atoms with Gasteiger partial charge in [0.2, 0.25) is 0 Å². The van der Waals surface area contributed by atoms with Crippen LogP contribution in [0.15, 0.2) is 109 Å². The number of hydrogen-bond donors (Lipinski definition) is 0. The van der Waals surface area contributed by atoms with Crippen molar-refractivity contribution < 1.29 is 0 Å². The molecule has 0 bridgehead atoms. The van der Waals surface area contributed by atoms with Gasteiger partial charge in [-0.1, -0.05) is 73.3 Å². The molecule has 4 heteroatoms. The van der Waals surface area contributed by atoms with Gasteiger partial charge in [-0.15, -0.1) is 0 Å². The van der Waals surface area contributed by atoms with Crippen molar-refractivity contribution in [2.24, 2.45) is 7.05 Å². The minimum atomic E-state index is 0.0631. The summed E-state index contributed by atoms with van der Waals surface area (Å²) in [6.45, 7) is 5.05. The molecule has 0 aliphatic carbocycles. The molecule has 0 N–H and O–H groups in total. The SMILES string of the molecule is C=C1c2ccccc2C=CN1C.CN1C=Cc2ccccc2C1.Cn1ccc2ccccc2c1=O. The third-order valence-electron chi connectivity index (χ3n) is 6.15. The summed E-state index contributed by atoms with van der Waals surface area (Å²) in [4.78, 5) is 15.7. The zero-order chi connectivity index (χ0) is 24.8. The molecule has 0 spiro atoms. The monoisotopic (exact) mass is 461 g/mol. The molecule has 1 aromatic heterocycles. The highest BCUT2D eigenvalue weighted by molar-refractivity contribution is 5.81. The normalized spacial score (nSPS) is 13.3. The van der Waals surface area contributed by atoms with Gasteiger partial charge >= 0.3 is 0 Å². The lowest BCUT2D eigenvalue weighted by Gasteiger charge is -2.23. The van der Waals surface area contributed by atoms with Gasteiger partial charge in [0.15, 0.2) is 0 Å². The zero-order valence-electron chi connectivity index (χ0n) is 20.6. The molecule has 0 unspecified atom stereocenters. The standard InChI is InChI=1S/C11H11N.C10H9NO.C10H11N/c1-9-11-6-4-3-5-10(11)7-8-12(9)2;1-11-7-6-8-4-2-3-5-9(8)10(11)12;1-11-7-6-9-4-2-3-5-10(9)8-11/h3-8H,1H2,2H3;2-7H,1H3;2-7H,8H2,1H3. The molecule has 0 fully saturated rings. The van der Waals surface area contributed by atoms with Crippen molar-refractivity contribution in [3.8, 4) is 0 Å². The largest absolute Gasteiger partial charge is 0.376 e. The van der Waals surface area contributed by atoms with Gasteiger partial charge in [0, 0.05) is 56.7 Å². The van der Waals surface area contributed by atoms with Crippen LogP contribution in [0.5, 0.6) is 0 Å². The topological polar surface area (TPSA) is 28.5 Å². The number of aryl methyl sites for hydroxylation is 1. The molecule has 3 heterocycles. The Balaban J connectivity index is 0.000000124. The quantitative estimate of drug-likeness (QED) is 0.311. The summed E-state index contributed by atoms with van der Waals surface area (Å²) in [7, 11) is 5.86. The maximum Gasteiger partial charge on any atom is 0.258 e. The van der Waals surface area contributed by atoms with E-state index in [0.717, 1.165) is 23.0 Å². The molecule has 6 rings (SSSR count). The lowest BCUT2D eigenvalue weighted by Crippen LogP contribution is -2.15. The average Bonchev–Trinajstić information content (AvgIpc) is 2.89. The first kappa shape index (κ1) is 23.8. The Labute approximate surface area is 207 Å². The smallest absolute Gasteiger partial charge is 0.258 e. The van der Waals surface area contributed by atoms with E-state index < -0.39 is 0 Å². The number of nitrogens with zero attached hydrogens (tertiary/aromatic N) is 3. The number of aromatic nitrogens is 1. The van der Waals surface area contributed by atoms with E-state index in [0.29, 0.717) is 0 Å². The fraction of sp³-hybridized carbons (Fsp3) is 0.129. The second kappa shape index (κ2) is 10.7. The highest BCUT2D eigenvalue weighted by Gasteiger charge is 2.10. The highest BCUT2D eigenvalue weighted by atomic mass is 16.1. The van der Waals surface area contributed by atoms with Gasteiger partial charge in [-0.05, 0) is 52.6 Å². The molecule has 0 saturated heterocycles. The third kappa shape index (κ3) is 5.61. The van der Waals surface area contributed by atoms with Crippen molar-refractivity contribution in [3.05, 3.63) is 137 Å². The van der Waals surface area contributed by atoms with Crippen molar-refractivity contribution in [1.82, 2.24) is 14.4 Å². The third-order valence-corrected chi connectivity index (χ3v) is 6.15. The second-order valence-electron chi connectivity index (χ2n) is 8.71. The van der Waals surface area contributed by atoms with E-state index in [9.17, 15) is 4.79 Å². The summed E-state index contributed by atoms with van der Waals surface area (Å²) in [5.41, 5.74) is 6.37. The Bertz CT molecular complexity index is 1460. The van der Waals surface area contributed by atoms with Gasteiger partial charge in [-0.3, -0.25) is 4.79 Å². The Morgan fingerprint density at radius 3 is 2.23 bits per heavy atom. The lowest BCUT2D eigenvalue weighted by molar-refractivity contribution is 0.448. The molecule has 0 amide bonds. The van der Waals surface area contributed by atoms with E-state index in [-0.39, 0.29) is 5.56 Å². The van der Waals surface area contributed by atoms with Gasteiger partial charge in [0.1, 0.15) is 0 Å². The van der Waals surface area contributed by atoms with Crippen LogP contribution in [0.2, 0.25) is 0 Å². The average molecular weight is 462 g/mol. The van der Waals surface area contributed by atoms with Crippen molar-refractivity contribution >= 4 is 28.6 Å². The Morgan fingerprint density at radius 2 is 1.40 bits per heavy atom. The molecule has 4 aromatic rings. The first-order chi connectivity index (χ1) is 16.9. The molecule has 4 nitrogen and oxygen atoms in total. The van der Waals surface area contributed by atoms with Crippen molar-refractivity contribution in [2.75, 3.05) is 14.1 Å². The Hall–Kier alpha value is -4.31. The molecule has 176 valence electrons. The van der Waals surface area contributed by atoms with Crippen molar-refractivity contribution in [1.29, 1.82) is 0 Å². The van der Waals surface area contributed by atoms with Gasteiger partial charge in [0.25, 0.3) is 5.56 Å². The summed E-state index contributed by atoms with van der Waals surface area (Å²) in [6.07, 6.45) is 10.2. The zero-order valence-corrected chi connectivity index (χ0v) is 20.6. The first-order valence-electron chi connectivity index (χ1n) is 11.6. The molecule has 2 aliphatic rings. The molecule has 0 radical (unpaired) electrons. The molecule has 0 saturated carbocycles. The fourth-order valence-electron chi connectivity index (χ4n) is 4.03. The maximum atomic E-state index is 11.5. The van der Waals surface area contributed by atoms with E-state index in [1.807, 2.05) is 60.6 Å². The molecule has 0 atom stereocenters. The Kier molecular flexibility index (Phi) is 7.32. The fourth-order valence-corrected chi connectivity index (χ4v) is 4.03. The Morgan fingerprint density at radius 1 is 0.743 bits per heavy atom. The van der Waals surface area contributed by atoms with Gasteiger partial charge in [0.05, 0.1) is 0 Å². The van der Waals surface area contributed by atoms with Crippen LogP contribution in [0.4, 0.5) is 0 Å². The summed E-state index contributed by atoms with van der Waals surface area (Å²) in [5.74, 6) is 0. The van der Waals surface area contributed by atoms with Crippen LogP contribution in [0.1, 0.15) is 22.3 Å². The molecule has 2 aliphatic heterocycles. The summed E-state index contributed by atoms with van der Waals surface area (Å²) in [5, 5.41) is 1.78. The second-order valence-corrected chi connectivity index (χ2v) is 8.71. The van der Waals surface area contributed by atoms with E-state index in [1.165, 1.54) is 22.3 Å². The van der Waals surface area contributed by atoms with Gasteiger partial charge < -0.3 is 14.4 Å². The highest BCUT2D eigenvalue weighted by Crippen LogP contribution is 2.25. The van der Waals surface area contributed by atoms with Crippen molar-refractivity contribution in [2.45, 2.75) is 6.54 Å². The molecule has 3 aromatic carbocycles. The number of rotatable bonds is 0. The molecular weight excluding hydrogens is 430 g/mol. The van der Waals surface area contributed by atoms with E-state index in [2.05, 4.69) is 73.3 Å². The lowest BCUT2D eigenvalue weighted by atomic mass is 10.0. The predicted octanol–water partition coefficient (Wildman–Crippen LogP) is 6.21. The summed E-state index contributed by atoms with van der Waals surface area (Å²) >= 11 is 0. The predicted molar refractivity (Wildman–Crippen MR) is 148 cm³/mol.